The molecular formula is C35H53NO2. The van der Waals surface area contributed by atoms with E-state index in [0.29, 0.717) is 5.92 Å². The molecule has 0 saturated carbocycles. The lowest BCUT2D eigenvalue weighted by Gasteiger charge is -2.24. The Morgan fingerprint density at radius 3 is 2.26 bits per heavy atom. The zero-order chi connectivity index (χ0) is 28.2. The van der Waals surface area contributed by atoms with Crippen LogP contribution in [0.15, 0.2) is 42.0 Å². The Bertz CT molecular complexity index is 1080. The molecule has 1 aromatic carbocycles. The van der Waals surface area contributed by atoms with Crippen molar-refractivity contribution in [3.05, 3.63) is 70.1 Å². The summed E-state index contributed by atoms with van der Waals surface area (Å²) >= 11 is 0. The van der Waals surface area contributed by atoms with Crippen LogP contribution < -0.4 is 0 Å². The molecular weight excluding hydrogens is 466 g/mol. The first kappa shape index (κ1) is 31.8. The van der Waals surface area contributed by atoms with E-state index in [4.69, 9.17) is 4.74 Å². The topological polar surface area (TPSA) is 31.2 Å². The first-order valence-corrected chi connectivity index (χ1v) is 14.9. The Morgan fingerprint density at radius 2 is 1.71 bits per heavy atom. The molecule has 1 aliphatic heterocycles. The smallest absolute Gasteiger partial charge is 0.209 e. The van der Waals surface area contributed by atoms with E-state index < -0.39 is 0 Å². The van der Waals surface area contributed by atoms with E-state index in [-0.39, 0.29) is 5.78 Å². The van der Waals surface area contributed by atoms with Crippen molar-refractivity contribution >= 4 is 17.4 Å². The number of ether oxygens (including phenoxy) is 1. The molecule has 1 fully saturated rings. The predicted molar refractivity (Wildman–Crippen MR) is 165 cm³/mol. The van der Waals surface area contributed by atoms with Gasteiger partial charge in [0.2, 0.25) is 5.78 Å². The average Bonchev–Trinajstić information content (AvgIpc) is 3.24. The molecule has 3 nitrogen and oxygen atoms in total. The van der Waals surface area contributed by atoms with Crippen molar-refractivity contribution in [2.75, 3.05) is 13.2 Å². The highest BCUT2D eigenvalue weighted by Crippen LogP contribution is 2.29. The van der Waals surface area contributed by atoms with Crippen LogP contribution in [-0.2, 0) is 11.3 Å². The van der Waals surface area contributed by atoms with Crippen molar-refractivity contribution in [1.29, 1.82) is 0 Å². The van der Waals surface area contributed by atoms with Gasteiger partial charge in [0.15, 0.2) is 0 Å². The Labute approximate surface area is 233 Å². The van der Waals surface area contributed by atoms with Gasteiger partial charge in [0, 0.05) is 31.0 Å². The van der Waals surface area contributed by atoms with Gasteiger partial charge < -0.3 is 9.30 Å². The quantitative estimate of drug-likeness (QED) is 0.231. The van der Waals surface area contributed by atoms with E-state index in [9.17, 15) is 4.79 Å². The molecule has 210 valence electrons. The SMILES string of the molecule is CCC(C)/C=C\c1cc(C(=O)C(=C(C)C)c2ccccc2C)n(CC)c1C.CCC(C)CC1CCOCC1. The number of rotatable bonds is 10. The molecule has 0 amide bonds. The minimum Gasteiger partial charge on any atom is -0.381 e. The highest BCUT2D eigenvalue weighted by Gasteiger charge is 2.22. The number of carbonyl (C=O) groups excluding carboxylic acids is 1. The van der Waals surface area contributed by atoms with Crippen LogP contribution in [0.5, 0.6) is 0 Å². The molecule has 0 spiro atoms. The number of benzene rings is 1. The van der Waals surface area contributed by atoms with E-state index in [2.05, 4.69) is 77.3 Å². The van der Waals surface area contributed by atoms with Crippen LogP contribution in [0.4, 0.5) is 0 Å². The van der Waals surface area contributed by atoms with Crippen LogP contribution in [0, 0.1) is 31.6 Å². The van der Waals surface area contributed by atoms with Gasteiger partial charge in [0.05, 0.1) is 5.69 Å². The van der Waals surface area contributed by atoms with Gasteiger partial charge in [0.25, 0.3) is 0 Å². The van der Waals surface area contributed by atoms with Crippen LogP contribution in [-0.4, -0.2) is 23.6 Å². The Balaban J connectivity index is 0.000000384. The summed E-state index contributed by atoms with van der Waals surface area (Å²) in [5, 5.41) is 0. The average molecular weight is 520 g/mol. The van der Waals surface area contributed by atoms with Crippen LogP contribution in [0.2, 0.25) is 0 Å². The molecule has 1 aromatic heterocycles. The van der Waals surface area contributed by atoms with E-state index in [0.717, 1.165) is 77.2 Å². The largest absolute Gasteiger partial charge is 0.381 e. The van der Waals surface area contributed by atoms with Gasteiger partial charge in [-0.25, -0.2) is 0 Å². The molecule has 2 aromatic rings. The molecule has 0 radical (unpaired) electrons. The zero-order valence-corrected chi connectivity index (χ0v) is 25.7. The van der Waals surface area contributed by atoms with E-state index >= 15 is 0 Å². The van der Waals surface area contributed by atoms with Gasteiger partial charge in [-0.05, 0) is 94.4 Å². The zero-order valence-electron chi connectivity index (χ0n) is 25.7. The minimum atomic E-state index is 0.109. The number of Topliss-reactive ketones (excluding diaryl/α,β-unsaturated/α-hetero) is 1. The fraction of sp³-hybridized carbons (Fsp3) is 0.571. The molecule has 3 heteroatoms. The molecule has 0 aliphatic carbocycles. The van der Waals surface area contributed by atoms with E-state index in [1.807, 2.05) is 32.0 Å². The third-order valence-corrected chi connectivity index (χ3v) is 8.12. The molecule has 1 aliphatic rings. The Kier molecular flexibility index (Phi) is 13.3. The first-order chi connectivity index (χ1) is 18.1. The highest BCUT2D eigenvalue weighted by atomic mass is 16.5. The van der Waals surface area contributed by atoms with Gasteiger partial charge in [-0.3, -0.25) is 4.79 Å². The van der Waals surface area contributed by atoms with Crippen molar-refractivity contribution in [3.8, 4) is 0 Å². The summed E-state index contributed by atoms with van der Waals surface area (Å²) in [5.41, 5.74) is 7.09. The number of ketones is 1. The van der Waals surface area contributed by atoms with Crippen LogP contribution in [0.1, 0.15) is 113 Å². The lowest BCUT2D eigenvalue weighted by molar-refractivity contribution is 0.0592. The summed E-state index contributed by atoms with van der Waals surface area (Å²) in [6, 6.07) is 10.2. The minimum absolute atomic E-state index is 0.109. The second-order valence-electron chi connectivity index (χ2n) is 11.4. The summed E-state index contributed by atoms with van der Waals surface area (Å²) in [7, 11) is 0. The standard InChI is InChI=1S/C25H33NO.C10H20O/c1-8-18(5)14-15-21-16-23(26(9-2)20(21)7)25(27)24(17(3)4)22-13-11-10-12-19(22)6;1-3-9(2)8-10-4-6-11-7-5-10/h10-16,18H,8-9H2,1-7H3;9-10H,3-8H2,1-2H3/b15-14-;. The number of nitrogens with zero attached hydrogens (tertiary/aromatic N) is 1. The number of hydrogen-bond acceptors (Lipinski definition) is 2. The van der Waals surface area contributed by atoms with Crippen molar-refractivity contribution in [2.45, 2.75) is 101 Å². The fourth-order valence-electron chi connectivity index (χ4n) is 5.15. The fourth-order valence-corrected chi connectivity index (χ4v) is 5.15. The molecule has 2 heterocycles. The lowest BCUT2D eigenvalue weighted by Crippen LogP contribution is -2.17. The summed E-state index contributed by atoms with van der Waals surface area (Å²) in [6.07, 6.45) is 10.9. The van der Waals surface area contributed by atoms with E-state index in [1.54, 1.807) is 0 Å². The van der Waals surface area contributed by atoms with E-state index in [1.165, 1.54) is 25.7 Å². The van der Waals surface area contributed by atoms with Crippen LogP contribution >= 0.6 is 0 Å². The number of hydrogen-bond donors (Lipinski definition) is 0. The van der Waals surface area contributed by atoms with Gasteiger partial charge >= 0.3 is 0 Å². The molecule has 0 bridgehead atoms. The summed E-state index contributed by atoms with van der Waals surface area (Å²) in [6.45, 7) is 22.1. The molecule has 2 unspecified atom stereocenters. The van der Waals surface area contributed by atoms with Crippen molar-refractivity contribution in [2.24, 2.45) is 17.8 Å². The van der Waals surface area contributed by atoms with Crippen LogP contribution in [0.25, 0.3) is 11.6 Å². The lowest BCUT2D eigenvalue weighted by atomic mass is 9.89. The number of carbonyl (C=O) groups is 1. The van der Waals surface area contributed by atoms with Gasteiger partial charge in [0.1, 0.15) is 0 Å². The maximum atomic E-state index is 13.6. The Morgan fingerprint density at radius 1 is 1.05 bits per heavy atom. The third-order valence-electron chi connectivity index (χ3n) is 8.12. The summed E-state index contributed by atoms with van der Waals surface area (Å²) < 4.78 is 7.45. The maximum absolute atomic E-state index is 13.6. The molecule has 38 heavy (non-hydrogen) atoms. The normalized spacial score (nSPS) is 15.6. The predicted octanol–water partition coefficient (Wildman–Crippen LogP) is 9.71. The van der Waals surface area contributed by atoms with Gasteiger partial charge in [-0.1, -0.05) is 82.5 Å². The van der Waals surface area contributed by atoms with Crippen molar-refractivity contribution < 1.29 is 9.53 Å². The monoisotopic (exact) mass is 519 g/mol. The number of allylic oxidation sites excluding steroid dienone is 3. The summed E-state index contributed by atoms with van der Waals surface area (Å²) in [5.74, 6) is 2.52. The van der Waals surface area contributed by atoms with Crippen LogP contribution in [0.3, 0.4) is 0 Å². The summed E-state index contributed by atoms with van der Waals surface area (Å²) in [4.78, 5) is 13.6. The molecule has 2 atom stereocenters. The molecule has 0 N–H and O–H groups in total. The highest BCUT2D eigenvalue weighted by molar-refractivity contribution is 6.29. The van der Waals surface area contributed by atoms with Gasteiger partial charge in [-0.15, -0.1) is 0 Å². The molecule has 3 rings (SSSR count). The number of aromatic nitrogens is 1. The third kappa shape index (κ3) is 8.83. The van der Waals surface area contributed by atoms with Crippen molar-refractivity contribution in [1.82, 2.24) is 4.57 Å². The van der Waals surface area contributed by atoms with Gasteiger partial charge in [-0.2, -0.15) is 0 Å². The second kappa shape index (κ2) is 15.9. The maximum Gasteiger partial charge on any atom is 0.209 e. The van der Waals surface area contributed by atoms with Crippen molar-refractivity contribution in [3.63, 3.8) is 0 Å². The first-order valence-electron chi connectivity index (χ1n) is 14.9. The Hall–Kier alpha value is -2.39. The number of aryl methyl sites for hydroxylation is 1. The second-order valence-corrected chi connectivity index (χ2v) is 11.4. The molecule has 1 saturated heterocycles.